The van der Waals surface area contributed by atoms with Crippen molar-refractivity contribution in [2.24, 2.45) is 5.92 Å². The largest absolute Gasteiger partial charge is 0.390 e. The number of aliphatic hydroxyl groups excluding tert-OH is 2. The van der Waals surface area contributed by atoms with Crippen molar-refractivity contribution in [3.63, 3.8) is 0 Å². The average Bonchev–Trinajstić information content (AvgIpc) is 2.20. The highest BCUT2D eigenvalue weighted by molar-refractivity contribution is 7.86. The zero-order chi connectivity index (χ0) is 13.4. The highest BCUT2D eigenvalue weighted by Gasteiger charge is 2.43. The number of nitrogens with zero attached hydrogens (tertiary/aromatic N) is 2. The number of aliphatic hydroxyl groups is 2. The standard InChI is InChI=1S/C8H16F2N2O4S/c1-11(2)17(15,16)12-3-5(8(9)10)7(14)6(13)4-12/h5-8,13-14H,3-4H2,1-2H3/t5?,6-,7-/m1/s1. The lowest BCUT2D eigenvalue weighted by Gasteiger charge is -2.38. The molecule has 1 saturated heterocycles. The molecule has 1 unspecified atom stereocenters. The van der Waals surface area contributed by atoms with Gasteiger partial charge in [-0.05, 0) is 0 Å². The van der Waals surface area contributed by atoms with Gasteiger partial charge >= 0.3 is 0 Å². The lowest BCUT2D eigenvalue weighted by molar-refractivity contribution is -0.102. The summed E-state index contributed by atoms with van der Waals surface area (Å²) < 4.78 is 50.3. The van der Waals surface area contributed by atoms with E-state index in [9.17, 15) is 27.4 Å². The summed E-state index contributed by atoms with van der Waals surface area (Å²) in [4.78, 5) is 0. The second-order valence-electron chi connectivity index (χ2n) is 4.16. The van der Waals surface area contributed by atoms with Crippen molar-refractivity contribution < 1.29 is 27.4 Å². The van der Waals surface area contributed by atoms with Gasteiger partial charge in [-0.25, -0.2) is 8.78 Å². The first-order valence-electron chi connectivity index (χ1n) is 4.99. The van der Waals surface area contributed by atoms with Gasteiger partial charge in [0.2, 0.25) is 6.43 Å². The summed E-state index contributed by atoms with van der Waals surface area (Å²) >= 11 is 0. The Morgan fingerprint density at radius 3 is 2.24 bits per heavy atom. The molecule has 0 aromatic heterocycles. The van der Waals surface area contributed by atoms with Crippen LogP contribution in [-0.4, -0.2) is 73.1 Å². The maximum absolute atomic E-state index is 12.6. The molecule has 0 aliphatic carbocycles. The number of alkyl halides is 2. The highest BCUT2D eigenvalue weighted by atomic mass is 32.2. The van der Waals surface area contributed by atoms with E-state index in [4.69, 9.17) is 0 Å². The van der Waals surface area contributed by atoms with Gasteiger partial charge in [0.15, 0.2) is 0 Å². The first-order valence-corrected chi connectivity index (χ1v) is 6.39. The van der Waals surface area contributed by atoms with Crippen molar-refractivity contribution in [3.8, 4) is 0 Å². The van der Waals surface area contributed by atoms with Crippen LogP contribution in [-0.2, 0) is 10.2 Å². The normalized spacial score (nSPS) is 32.4. The van der Waals surface area contributed by atoms with Crippen LogP contribution in [0.1, 0.15) is 0 Å². The van der Waals surface area contributed by atoms with Crippen molar-refractivity contribution in [1.29, 1.82) is 0 Å². The molecule has 1 rings (SSSR count). The summed E-state index contributed by atoms with van der Waals surface area (Å²) in [6.45, 7) is -0.888. The van der Waals surface area contributed by atoms with E-state index in [0.717, 1.165) is 8.61 Å². The Kier molecular flexibility index (Phi) is 4.42. The van der Waals surface area contributed by atoms with Gasteiger partial charge in [-0.1, -0.05) is 0 Å². The molecular weight excluding hydrogens is 258 g/mol. The second kappa shape index (κ2) is 5.11. The van der Waals surface area contributed by atoms with E-state index in [0.29, 0.717) is 0 Å². The minimum Gasteiger partial charge on any atom is -0.390 e. The molecule has 0 radical (unpaired) electrons. The van der Waals surface area contributed by atoms with E-state index in [1.165, 1.54) is 14.1 Å². The second-order valence-corrected chi connectivity index (χ2v) is 6.31. The number of hydrogen-bond acceptors (Lipinski definition) is 4. The Balaban J connectivity index is 2.92. The molecule has 2 N–H and O–H groups in total. The lowest BCUT2D eigenvalue weighted by atomic mass is 9.94. The summed E-state index contributed by atoms with van der Waals surface area (Å²) in [7, 11) is -1.32. The molecule has 1 aliphatic heterocycles. The van der Waals surface area contributed by atoms with Crippen LogP contribution in [0.25, 0.3) is 0 Å². The molecule has 1 heterocycles. The van der Waals surface area contributed by atoms with E-state index < -0.39 is 41.3 Å². The summed E-state index contributed by atoms with van der Waals surface area (Å²) in [5.74, 6) is -1.58. The lowest BCUT2D eigenvalue weighted by Crippen LogP contribution is -2.57. The van der Waals surface area contributed by atoms with E-state index in [1.807, 2.05) is 0 Å². The maximum Gasteiger partial charge on any atom is 0.281 e. The summed E-state index contributed by atoms with van der Waals surface area (Å²) in [5, 5.41) is 18.8. The zero-order valence-electron chi connectivity index (χ0n) is 9.49. The van der Waals surface area contributed by atoms with Gasteiger partial charge < -0.3 is 10.2 Å². The van der Waals surface area contributed by atoms with Gasteiger partial charge in [0.1, 0.15) is 0 Å². The van der Waals surface area contributed by atoms with Crippen LogP contribution in [0.2, 0.25) is 0 Å². The molecule has 0 aromatic rings. The molecule has 17 heavy (non-hydrogen) atoms. The molecule has 0 spiro atoms. The molecule has 102 valence electrons. The van der Waals surface area contributed by atoms with Gasteiger partial charge in [0.05, 0.1) is 18.1 Å². The minimum atomic E-state index is -3.86. The molecule has 1 aliphatic rings. The van der Waals surface area contributed by atoms with Crippen molar-refractivity contribution in [2.45, 2.75) is 18.6 Å². The van der Waals surface area contributed by atoms with Gasteiger partial charge in [-0.15, -0.1) is 0 Å². The first-order chi connectivity index (χ1) is 7.67. The third-order valence-corrected chi connectivity index (χ3v) is 4.62. The van der Waals surface area contributed by atoms with Crippen LogP contribution in [0, 0.1) is 5.92 Å². The Hall–Kier alpha value is -0.350. The quantitative estimate of drug-likeness (QED) is 0.671. The molecule has 9 heteroatoms. The fourth-order valence-electron chi connectivity index (χ4n) is 1.67. The third kappa shape index (κ3) is 2.91. The third-order valence-electron chi connectivity index (χ3n) is 2.75. The Morgan fingerprint density at radius 2 is 1.82 bits per heavy atom. The highest BCUT2D eigenvalue weighted by Crippen LogP contribution is 2.25. The summed E-state index contributed by atoms with van der Waals surface area (Å²) in [6.07, 6.45) is -6.00. The minimum absolute atomic E-state index is 0.384. The molecular formula is C8H16F2N2O4S. The van der Waals surface area contributed by atoms with Gasteiger partial charge in [-0.2, -0.15) is 17.0 Å². The number of halogens is 2. The predicted octanol–water partition coefficient (Wildman–Crippen LogP) is -1.29. The van der Waals surface area contributed by atoms with Crippen LogP contribution >= 0.6 is 0 Å². The molecule has 1 fully saturated rings. The van der Waals surface area contributed by atoms with Gasteiger partial charge in [-0.3, -0.25) is 0 Å². The molecule has 3 atom stereocenters. The van der Waals surface area contributed by atoms with Crippen molar-refractivity contribution >= 4 is 10.2 Å². The number of piperidine rings is 1. The zero-order valence-corrected chi connectivity index (χ0v) is 10.3. The SMILES string of the molecule is CN(C)S(=O)(=O)N1CC(C(F)F)[C@@H](O)[C@H](O)C1. The molecule has 6 nitrogen and oxygen atoms in total. The summed E-state index contributed by atoms with van der Waals surface area (Å²) in [5.41, 5.74) is 0. The fourth-order valence-corrected chi connectivity index (χ4v) is 2.83. The Morgan fingerprint density at radius 1 is 1.29 bits per heavy atom. The number of rotatable bonds is 3. The topological polar surface area (TPSA) is 81.1 Å². The molecule has 0 saturated carbocycles. The molecule has 0 bridgehead atoms. The van der Waals surface area contributed by atoms with E-state index in [1.54, 1.807) is 0 Å². The van der Waals surface area contributed by atoms with Gasteiger partial charge in [0, 0.05) is 27.2 Å². The first kappa shape index (κ1) is 14.7. The van der Waals surface area contributed by atoms with Crippen molar-refractivity contribution in [1.82, 2.24) is 8.61 Å². The average molecular weight is 274 g/mol. The van der Waals surface area contributed by atoms with Gasteiger partial charge in [0.25, 0.3) is 10.2 Å². The van der Waals surface area contributed by atoms with Crippen LogP contribution in [0.3, 0.4) is 0 Å². The van der Waals surface area contributed by atoms with Crippen molar-refractivity contribution in [3.05, 3.63) is 0 Å². The summed E-state index contributed by atoms with van der Waals surface area (Å²) in [6, 6.07) is 0. The van der Waals surface area contributed by atoms with Crippen molar-refractivity contribution in [2.75, 3.05) is 27.2 Å². The van der Waals surface area contributed by atoms with Crippen LogP contribution in [0.15, 0.2) is 0 Å². The van der Waals surface area contributed by atoms with E-state index >= 15 is 0 Å². The number of hydrogen-bond donors (Lipinski definition) is 2. The van der Waals surface area contributed by atoms with E-state index in [2.05, 4.69) is 0 Å². The van der Waals surface area contributed by atoms with Crippen LogP contribution in [0.4, 0.5) is 8.78 Å². The fraction of sp³-hybridized carbons (Fsp3) is 1.00. The Bertz CT molecular complexity index is 363. The van der Waals surface area contributed by atoms with Crippen LogP contribution in [0.5, 0.6) is 0 Å². The monoisotopic (exact) mass is 274 g/mol. The smallest absolute Gasteiger partial charge is 0.281 e. The van der Waals surface area contributed by atoms with Crippen LogP contribution < -0.4 is 0 Å². The molecule has 0 amide bonds. The number of β-amino-alcohol motifs (C(OH)–C–C–N with tert-alkyl or cyclic N) is 1. The van der Waals surface area contributed by atoms with E-state index in [-0.39, 0.29) is 6.54 Å². The predicted molar refractivity (Wildman–Crippen MR) is 55.7 cm³/mol. The molecule has 0 aromatic carbocycles. The Labute approximate surface area is 98.6 Å². The maximum atomic E-state index is 12.6.